The summed E-state index contributed by atoms with van der Waals surface area (Å²) in [5, 5.41) is 9.09. The SMILES string of the molecule is Cc1nn(Cc2c(Cl)cccc2Cl)c(C)c1NC(=O)c1ccccc1C(=O)c1ccc(Cl)cc1. The molecule has 0 spiro atoms. The molecule has 0 fully saturated rings. The number of amides is 1. The van der Waals surface area contributed by atoms with Gasteiger partial charge in [0.2, 0.25) is 0 Å². The number of hydrogen-bond acceptors (Lipinski definition) is 3. The van der Waals surface area contributed by atoms with Gasteiger partial charge < -0.3 is 5.32 Å². The minimum absolute atomic E-state index is 0.264. The predicted molar refractivity (Wildman–Crippen MR) is 137 cm³/mol. The van der Waals surface area contributed by atoms with Crippen LogP contribution in [0.4, 0.5) is 5.69 Å². The Morgan fingerprint density at radius 2 is 1.47 bits per heavy atom. The van der Waals surface area contributed by atoms with Crippen LogP contribution in [0.1, 0.15) is 43.2 Å². The Kier molecular flexibility index (Phi) is 7.08. The summed E-state index contributed by atoms with van der Waals surface area (Å²) in [4.78, 5) is 26.3. The minimum Gasteiger partial charge on any atom is -0.319 e. The van der Waals surface area contributed by atoms with Gasteiger partial charge >= 0.3 is 0 Å². The summed E-state index contributed by atoms with van der Waals surface area (Å²) in [7, 11) is 0. The van der Waals surface area contributed by atoms with E-state index in [1.165, 1.54) is 0 Å². The van der Waals surface area contributed by atoms with E-state index in [1.54, 1.807) is 78.3 Å². The lowest BCUT2D eigenvalue weighted by molar-refractivity contribution is 0.0996. The molecule has 0 aliphatic rings. The van der Waals surface area contributed by atoms with E-state index in [1.807, 2.05) is 6.92 Å². The third-order valence-electron chi connectivity index (χ3n) is 5.51. The molecule has 0 radical (unpaired) electrons. The number of aryl methyl sites for hydroxylation is 1. The van der Waals surface area contributed by atoms with E-state index in [0.717, 1.165) is 11.3 Å². The van der Waals surface area contributed by atoms with Gasteiger partial charge in [-0.15, -0.1) is 0 Å². The van der Waals surface area contributed by atoms with Crippen LogP contribution in [0.2, 0.25) is 15.1 Å². The third kappa shape index (κ3) is 4.87. The molecule has 0 bridgehead atoms. The average Bonchev–Trinajstić information content (AvgIpc) is 3.09. The van der Waals surface area contributed by atoms with Gasteiger partial charge in [-0.1, -0.05) is 59.1 Å². The number of anilines is 1. The highest BCUT2D eigenvalue weighted by molar-refractivity contribution is 6.36. The standard InChI is InChI=1S/C26H20Cl3N3O2/c1-15-24(16(2)32(31-15)14-21-22(28)8-5-9-23(21)29)30-26(34)20-7-4-3-6-19(20)25(33)17-10-12-18(27)13-11-17/h3-13H,14H2,1-2H3,(H,30,34). The number of nitrogens with one attached hydrogen (secondary N) is 1. The van der Waals surface area contributed by atoms with Crippen molar-refractivity contribution >= 4 is 52.2 Å². The van der Waals surface area contributed by atoms with Crippen LogP contribution < -0.4 is 5.32 Å². The van der Waals surface area contributed by atoms with E-state index in [2.05, 4.69) is 10.4 Å². The number of nitrogens with zero attached hydrogens (tertiary/aromatic N) is 2. The van der Waals surface area contributed by atoms with Crippen molar-refractivity contribution in [2.75, 3.05) is 5.32 Å². The molecular weight excluding hydrogens is 493 g/mol. The molecule has 3 aromatic carbocycles. The number of halogens is 3. The van der Waals surface area contributed by atoms with Crippen molar-refractivity contribution in [3.63, 3.8) is 0 Å². The lowest BCUT2D eigenvalue weighted by Crippen LogP contribution is -2.18. The van der Waals surface area contributed by atoms with E-state index >= 15 is 0 Å². The number of benzene rings is 3. The first-order valence-electron chi connectivity index (χ1n) is 10.4. The van der Waals surface area contributed by atoms with Crippen molar-refractivity contribution in [2.24, 2.45) is 0 Å². The molecule has 34 heavy (non-hydrogen) atoms. The Balaban J connectivity index is 1.62. The molecule has 0 unspecified atom stereocenters. The second kappa shape index (κ2) is 10.0. The van der Waals surface area contributed by atoms with Gasteiger partial charge in [0.25, 0.3) is 5.91 Å². The van der Waals surface area contributed by atoms with Gasteiger partial charge in [-0.25, -0.2) is 0 Å². The van der Waals surface area contributed by atoms with Crippen molar-refractivity contribution in [1.29, 1.82) is 0 Å². The van der Waals surface area contributed by atoms with E-state index in [-0.39, 0.29) is 11.3 Å². The van der Waals surface area contributed by atoms with Gasteiger partial charge in [-0.2, -0.15) is 5.10 Å². The molecule has 1 amide bonds. The molecule has 0 aliphatic carbocycles. The topological polar surface area (TPSA) is 64.0 Å². The Morgan fingerprint density at radius 3 is 2.12 bits per heavy atom. The summed E-state index contributed by atoms with van der Waals surface area (Å²) in [6, 6.07) is 18.6. The number of rotatable bonds is 6. The lowest BCUT2D eigenvalue weighted by atomic mass is 9.98. The zero-order chi connectivity index (χ0) is 24.4. The fourth-order valence-electron chi connectivity index (χ4n) is 3.68. The van der Waals surface area contributed by atoms with E-state index in [4.69, 9.17) is 34.8 Å². The summed E-state index contributed by atoms with van der Waals surface area (Å²) >= 11 is 18.6. The molecule has 0 saturated carbocycles. The second-order valence-corrected chi connectivity index (χ2v) is 8.99. The number of aromatic nitrogens is 2. The molecule has 5 nitrogen and oxygen atoms in total. The second-order valence-electron chi connectivity index (χ2n) is 7.74. The highest BCUT2D eigenvalue weighted by atomic mass is 35.5. The normalized spacial score (nSPS) is 10.9. The van der Waals surface area contributed by atoms with Gasteiger partial charge in [0.15, 0.2) is 5.78 Å². The van der Waals surface area contributed by atoms with Crippen molar-refractivity contribution in [2.45, 2.75) is 20.4 Å². The Hall–Kier alpha value is -3.12. The molecule has 0 atom stereocenters. The van der Waals surface area contributed by atoms with Crippen LogP contribution in [0.5, 0.6) is 0 Å². The molecular formula is C26H20Cl3N3O2. The van der Waals surface area contributed by atoms with Gasteiger partial charge in [-0.05, 0) is 56.3 Å². The summed E-state index contributed by atoms with van der Waals surface area (Å²) < 4.78 is 1.74. The van der Waals surface area contributed by atoms with Crippen molar-refractivity contribution in [3.8, 4) is 0 Å². The van der Waals surface area contributed by atoms with Crippen LogP contribution in [-0.4, -0.2) is 21.5 Å². The van der Waals surface area contributed by atoms with Crippen molar-refractivity contribution < 1.29 is 9.59 Å². The molecule has 0 saturated heterocycles. The predicted octanol–water partition coefficient (Wildman–Crippen LogP) is 6.99. The van der Waals surface area contributed by atoms with E-state index in [9.17, 15) is 9.59 Å². The molecule has 1 N–H and O–H groups in total. The van der Waals surface area contributed by atoms with Gasteiger partial charge in [0.1, 0.15) is 0 Å². The number of carbonyl (C=O) groups is 2. The summed E-state index contributed by atoms with van der Waals surface area (Å²) in [6.45, 7) is 4.01. The van der Waals surface area contributed by atoms with Crippen molar-refractivity contribution in [3.05, 3.63) is 115 Å². The van der Waals surface area contributed by atoms with Crippen LogP contribution in [0.25, 0.3) is 0 Å². The Bertz CT molecular complexity index is 1370. The van der Waals surface area contributed by atoms with Crippen LogP contribution in [-0.2, 0) is 6.54 Å². The van der Waals surface area contributed by atoms with Gasteiger partial charge in [-0.3, -0.25) is 14.3 Å². The molecule has 4 aromatic rings. The maximum atomic E-state index is 13.2. The molecule has 8 heteroatoms. The monoisotopic (exact) mass is 511 g/mol. The quantitative estimate of drug-likeness (QED) is 0.283. The van der Waals surface area contributed by atoms with E-state index in [0.29, 0.717) is 44.1 Å². The van der Waals surface area contributed by atoms with Gasteiger partial charge in [0.05, 0.1) is 29.2 Å². The number of hydrogen-bond donors (Lipinski definition) is 1. The Labute approximate surface area is 212 Å². The average molecular weight is 513 g/mol. The lowest BCUT2D eigenvalue weighted by Gasteiger charge is -2.11. The zero-order valence-corrected chi connectivity index (χ0v) is 20.7. The molecule has 1 heterocycles. The number of carbonyl (C=O) groups excluding carboxylic acids is 2. The molecule has 4 rings (SSSR count). The molecule has 1 aromatic heterocycles. The van der Waals surface area contributed by atoms with Crippen LogP contribution in [0.3, 0.4) is 0 Å². The van der Waals surface area contributed by atoms with Gasteiger partial charge in [0, 0.05) is 31.8 Å². The highest BCUT2D eigenvalue weighted by Gasteiger charge is 2.21. The van der Waals surface area contributed by atoms with Crippen LogP contribution in [0, 0.1) is 13.8 Å². The number of ketones is 1. The van der Waals surface area contributed by atoms with E-state index < -0.39 is 5.91 Å². The fourth-order valence-corrected chi connectivity index (χ4v) is 4.32. The first-order valence-corrected chi connectivity index (χ1v) is 11.6. The Morgan fingerprint density at radius 1 is 0.853 bits per heavy atom. The molecule has 0 aliphatic heterocycles. The maximum Gasteiger partial charge on any atom is 0.256 e. The van der Waals surface area contributed by atoms with Crippen molar-refractivity contribution in [1.82, 2.24) is 9.78 Å². The molecule has 172 valence electrons. The smallest absolute Gasteiger partial charge is 0.256 e. The third-order valence-corrected chi connectivity index (χ3v) is 6.47. The first-order chi connectivity index (χ1) is 16.3. The fraction of sp³-hybridized carbons (Fsp3) is 0.115. The first kappa shape index (κ1) is 24.0. The summed E-state index contributed by atoms with van der Waals surface area (Å²) in [5.74, 6) is -0.667. The largest absolute Gasteiger partial charge is 0.319 e. The zero-order valence-electron chi connectivity index (χ0n) is 18.4. The van der Waals surface area contributed by atoms with Crippen LogP contribution >= 0.6 is 34.8 Å². The minimum atomic E-state index is -0.403. The highest BCUT2D eigenvalue weighted by Crippen LogP contribution is 2.28. The maximum absolute atomic E-state index is 13.2. The summed E-state index contributed by atoms with van der Waals surface area (Å²) in [5.41, 5.74) is 3.70. The summed E-state index contributed by atoms with van der Waals surface area (Å²) in [6.07, 6.45) is 0. The van der Waals surface area contributed by atoms with Crippen LogP contribution in [0.15, 0.2) is 66.7 Å².